The molecule has 4 aliphatic rings. The first-order valence-corrected chi connectivity index (χ1v) is 19.0. The van der Waals surface area contributed by atoms with E-state index < -0.39 is 103 Å². The van der Waals surface area contributed by atoms with Gasteiger partial charge in [0, 0.05) is 4.91 Å². The molecule has 10 atom stereocenters. The van der Waals surface area contributed by atoms with Gasteiger partial charge in [0.05, 0.1) is 33.5 Å². The molecule has 17 nitrogen and oxygen atoms in total. The lowest BCUT2D eigenvalue weighted by molar-refractivity contribution is -0.300. The topological polar surface area (TPSA) is 194 Å². The highest BCUT2D eigenvalue weighted by molar-refractivity contribution is 7.81. The molecular weight excluding hydrogens is 775 g/mol. The summed E-state index contributed by atoms with van der Waals surface area (Å²) < 4.78 is 134. The van der Waals surface area contributed by atoms with Gasteiger partial charge in [-0.05, 0) is 56.5 Å². The molecule has 2 aromatic rings. The first-order chi connectivity index (χ1) is 26.4. The largest absolute Gasteiger partial charge is 0.497 e. The van der Waals surface area contributed by atoms with Crippen molar-refractivity contribution in [2.75, 3.05) is 26.9 Å². The predicted molar refractivity (Wildman–Crippen MR) is 184 cm³/mol. The van der Waals surface area contributed by atoms with Crippen LogP contribution in [0.1, 0.15) is 38.8 Å². The number of halogens is 3. The number of nitrogens with zero attached hydrogens (tertiary/aromatic N) is 3. The van der Waals surface area contributed by atoms with E-state index in [-0.39, 0.29) is 19.8 Å². The van der Waals surface area contributed by atoms with Crippen LogP contribution in [0.3, 0.4) is 0 Å². The molecule has 0 bridgehead atoms. The van der Waals surface area contributed by atoms with Gasteiger partial charge < -0.3 is 47.4 Å². The third-order valence-corrected chi connectivity index (χ3v) is 9.94. The Morgan fingerprint density at radius 2 is 1.39 bits per heavy atom. The Hall–Kier alpha value is -3.15. The van der Waals surface area contributed by atoms with Gasteiger partial charge in [-0.2, -0.15) is 21.6 Å². The van der Waals surface area contributed by atoms with E-state index in [2.05, 4.69) is 14.2 Å². The van der Waals surface area contributed by atoms with E-state index in [1.165, 1.54) is 7.11 Å². The molecule has 0 aromatic heterocycles. The van der Waals surface area contributed by atoms with Gasteiger partial charge in [-0.1, -0.05) is 47.6 Å². The van der Waals surface area contributed by atoms with Crippen LogP contribution in [0.5, 0.6) is 5.75 Å². The van der Waals surface area contributed by atoms with Crippen LogP contribution in [-0.2, 0) is 74.6 Å². The number of methoxy groups -OCH3 is 1. The summed E-state index contributed by atoms with van der Waals surface area (Å²) in [6.07, 6.45) is -14.0. The highest BCUT2D eigenvalue weighted by Crippen LogP contribution is 2.44. The van der Waals surface area contributed by atoms with Gasteiger partial charge in [0.2, 0.25) is 0 Å². The number of fused-ring (bicyclic) bond motifs is 3. The Kier molecular flexibility index (Phi) is 13.2. The van der Waals surface area contributed by atoms with E-state index >= 15 is 0 Å². The molecule has 4 aliphatic heterocycles. The number of alkyl halides is 3. The number of ether oxygens (including phenoxy) is 10. The van der Waals surface area contributed by atoms with Gasteiger partial charge >= 0.3 is 16.6 Å². The number of hydrogen-bond acceptors (Lipinski definition) is 15. The molecule has 4 saturated heterocycles. The highest BCUT2D eigenvalue weighted by Gasteiger charge is 2.61. The lowest BCUT2D eigenvalue weighted by atomic mass is 9.96. The van der Waals surface area contributed by atoms with Crippen LogP contribution in [0.4, 0.5) is 13.2 Å². The van der Waals surface area contributed by atoms with Gasteiger partial charge in [-0.3, -0.25) is 0 Å². The SMILES string of the molecule is COc1ccc(CO[C@H]2[C@H](OCc3ccccc3)[C@@H](N=[N+]=[N-])[C@@H](OC[C@H]3O[C@@H]4OC(C)(C)O[C@@H]4[C@H]4OC(C)(C)O[C@H]43)O[C@@H]2COS(=O)(=O)OCC(F)(F)F)cc1. The molecule has 0 radical (unpaired) electrons. The maximum atomic E-state index is 12.9. The molecule has 21 heteroatoms. The van der Waals surface area contributed by atoms with Crippen LogP contribution >= 0.6 is 0 Å². The van der Waals surface area contributed by atoms with E-state index in [0.29, 0.717) is 11.3 Å². The monoisotopic (exact) mass is 819 g/mol. The minimum absolute atomic E-state index is 0.0371. The lowest BCUT2D eigenvalue weighted by Gasteiger charge is -2.45. The van der Waals surface area contributed by atoms with Crippen molar-refractivity contribution in [1.82, 2.24) is 0 Å². The summed E-state index contributed by atoms with van der Waals surface area (Å²) in [5.41, 5.74) is 11.1. The molecule has 0 N–H and O–H groups in total. The molecule has 0 unspecified atom stereocenters. The number of hydrogen-bond donors (Lipinski definition) is 0. The predicted octanol–water partition coefficient (Wildman–Crippen LogP) is 4.82. The quantitative estimate of drug-likeness (QED) is 0.127. The van der Waals surface area contributed by atoms with Gasteiger partial charge in [-0.25, -0.2) is 8.37 Å². The van der Waals surface area contributed by atoms with Crippen LogP contribution in [-0.4, -0.2) is 114 Å². The van der Waals surface area contributed by atoms with Crippen LogP contribution in [0, 0.1) is 0 Å². The summed E-state index contributed by atoms with van der Waals surface area (Å²) in [6.45, 7) is 3.50. The Morgan fingerprint density at radius 1 is 0.768 bits per heavy atom. The van der Waals surface area contributed by atoms with Gasteiger partial charge in [-0.15, -0.1) is 0 Å². The second-order valence-corrected chi connectivity index (χ2v) is 15.5. The highest BCUT2D eigenvalue weighted by atomic mass is 32.3. The zero-order chi connectivity index (χ0) is 40.3. The van der Waals surface area contributed by atoms with Crippen molar-refractivity contribution in [3.63, 3.8) is 0 Å². The van der Waals surface area contributed by atoms with Crippen LogP contribution in [0.2, 0.25) is 0 Å². The van der Waals surface area contributed by atoms with Crippen molar-refractivity contribution in [2.24, 2.45) is 5.11 Å². The standard InChI is InChI=1S/C35H44F3N3O14S/c1-33(2)52-27-23(51-32-30(29(27)53-33)54-34(3,4)55-32)17-47-31-25(40-41-39)28(46-15-20-9-7-6-8-10-20)26(45-16-21-11-13-22(44-5)14-12-21)24(50-31)18-48-56(42,43)49-19-35(36,37)38/h6-14,23-32H,15-19H2,1-5H3/t23-,24-,25-,26-,27+,28-,29+,30-,31+,32-/m1/s1. The molecule has 6 rings (SSSR count). The minimum atomic E-state index is -5.20. The lowest BCUT2D eigenvalue weighted by Crippen LogP contribution is -2.61. The smallest absolute Gasteiger partial charge is 0.413 e. The fourth-order valence-electron chi connectivity index (χ4n) is 6.76. The van der Waals surface area contributed by atoms with E-state index in [1.54, 1.807) is 76.2 Å². The number of benzene rings is 2. The number of rotatable bonds is 16. The van der Waals surface area contributed by atoms with E-state index in [1.807, 2.05) is 6.07 Å². The molecule has 2 aromatic carbocycles. The zero-order valence-electron chi connectivity index (χ0n) is 31.1. The Balaban J connectivity index is 1.28. The van der Waals surface area contributed by atoms with Crippen molar-refractivity contribution < 1.29 is 77.3 Å². The van der Waals surface area contributed by atoms with E-state index in [0.717, 1.165) is 5.56 Å². The summed E-state index contributed by atoms with van der Waals surface area (Å²) in [7, 11) is -3.70. The van der Waals surface area contributed by atoms with Crippen molar-refractivity contribution in [2.45, 2.75) is 120 Å². The third kappa shape index (κ3) is 10.9. The Labute approximate surface area is 321 Å². The first-order valence-electron chi connectivity index (χ1n) is 17.6. The molecule has 4 fully saturated rings. The van der Waals surface area contributed by atoms with Gasteiger partial charge in [0.25, 0.3) is 0 Å². The average Bonchev–Trinajstić information content (AvgIpc) is 3.65. The van der Waals surface area contributed by atoms with Crippen LogP contribution < -0.4 is 4.74 Å². The summed E-state index contributed by atoms with van der Waals surface area (Å²) in [5.74, 6) is -1.44. The summed E-state index contributed by atoms with van der Waals surface area (Å²) in [4.78, 5) is 3.02. The van der Waals surface area contributed by atoms with E-state index in [4.69, 9.17) is 51.6 Å². The molecule has 0 spiro atoms. The maximum Gasteiger partial charge on any atom is 0.413 e. The zero-order valence-corrected chi connectivity index (χ0v) is 31.9. The molecule has 0 amide bonds. The van der Waals surface area contributed by atoms with Gasteiger partial charge in [0.1, 0.15) is 54.5 Å². The van der Waals surface area contributed by atoms with Crippen molar-refractivity contribution in [3.05, 3.63) is 76.2 Å². The molecule has 56 heavy (non-hydrogen) atoms. The van der Waals surface area contributed by atoms with Gasteiger partial charge in [0.15, 0.2) is 30.8 Å². The maximum absolute atomic E-state index is 12.9. The molecule has 4 heterocycles. The van der Waals surface area contributed by atoms with E-state index in [9.17, 15) is 27.1 Å². The van der Waals surface area contributed by atoms with Crippen LogP contribution in [0.25, 0.3) is 10.4 Å². The summed E-state index contributed by atoms with van der Waals surface area (Å²) in [5, 5.41) is 3.97. The molecule has 0 aliphatic carbocycles. The summed E-state index contributed by atoms with van der Waals surface area (Å²) >= 11 is 0. The fraction of sp³-hybridized carbons (Fsp3) is 0.657. The first kappa shape index (κ1) is 42.5. The molecule has 0 saturated carbocycles. The normalized spacial score (nSPS) is 32.3. The minimum Gasteiger partial charge on any atom is -0.497 e. The Morgan fingerprint density at radius 3 is 2.05 bits per heavy atom. The average molecular weight is 820 g/mol. The fourth-order valence-corrected chi connectivity index (χ4v) is 7.41. The summed E-state index contributed by atoms with van der Waals surface area (Å²) in [6, 6.07) is 14.5. The second kappa shape index (κ2) is 17.4. The molecule has 310 valence electrons. The molecular formula is C35H44F3N3O14S. The van der Waals surface area contributed by atoms with Crippen molar-refractivity contribution in [1.29, 1.82) is 0 Å². The Bertz CT molecular complexity index is 1770. The third-order valence-electron chi connectivity index (χ3n) is 9.11. The van der Waals surface area contributed by atoms with Crippen LogP contribution in [0.15, 0.2) is 59.7 Å². The van der Waals surface area contributed by atoms with Crippen molar-refractivity contribution in [3.8, 4) is 5.75 Å². The number of azide groups is 1. The van der Waals surface area contributed by atoms with Crippen molar-refractivity contribution >= 4 is 10.4 Å². The second-order valence-electron chi connectivity index (χ2n) is 14.2.